The van der Waals surface area contributed by atoms with Crippen molar-refractivity contribution in [1.82, 2.24) is 15.1 Å². The van der Waals surface area contributed by atoms with Gasteiger partial charge in [-0.1, -0.05) is 31.5 Å². The minimum absolute atomic E-state index is 0.00298. The molecule has 2 aliphatic rings. The largest absolute Gasteiger partial charge is 0.496 e. The van der Waals surface area contributed by atoms with Crippen molar-refractivity contribution in [2.45, 2.75) is 64.5 Å². The lowest BCUT2D eigenvalue weighted by molar-refractivity contribution is -0.143. The highest BCUT2D eigenvalue weighted by Crippen LogP contribution is 2.41. The fourth-order valence-electron chi connectivity index (χ4n) is 4.84. The molecule has 33 heavy (non-hydrogen) atoms. The summed E-state index contributed by atoms with van der Waals surface area (Å²) in [4.78, 5) is 41.9. The number of unbranched alkanes of at least 4 members (excludes halogenated alkanes) is 1. The molecule has 2 atom stereocenters. The molecule has 182 valence electrons. The average Bonchev–Trinajstić information content (AvgIpc) is 2.83. The first-order valence-electron chi connectivity index (χ1n) is 12.1. The Morgan fingerprint density at radius 1 is 1.12 bits per heavy atom. The van der Waals surface area contributed by atoms with Crippen LogP contribution >= 0.6 is 0 Å². The summed E-state index contributed by atoms with van der Waals surface area (Å²) in [5.74, 6) is 0.402. The molecule has 2 saturated heterocycles. The Morgan fingerprint density at radius 3 is 2.52 bits per heavy atom. The van der Waals surface area contributed by atoms with E-state index in [1.54, 1.807) is 18.9 Å². The smallest absolute Gasteiger partial charge is 0.409 e. The van der Waals surface area contributed by atoms with Gasteiger partial charge < -0.3 is 24.6 Å². The number of ether oxygens (including phenoxy) is 2. The van der Waals surface area contributed by atoms with Crippen LogP contribution in [0, 0.1) is 5.92 Å². The van der Waals surface area contributed by atoms with E-state index in [4.69, 9.17) is 9.47 Å². The van der Waals surface area contributed by atoms with E-state index in [0.717, 1.165) is 18.4 Å². The number of nitrogens with one attached hydrogen (secondary N) is 1. The van der Waals surface area contributed by atoms with Gasteiger partial charge in [-0.2, -0.15) is 0 Å². The van der Waals surface area contributed by atoms with Gasteiger partial charge in [0.25, 0.3) is 0 Å². The molecule has 0 aliphatic carbocycles. The molecule has 1 aromatic carbocycles. The Hall–Kier alpha value is -2.77. The highest BCUT2D eigenvalue weighted by molar-refractivity contribution is 5.85. The normalized spacial score (nSPS) is 21.6. The number of amides is 3. The molecule has 3 amide bonds. The Labute approximate surface area is 196 Å². The van der Waals surface area contributed by atoms with Crippen LogP contribution in [0.5, 0.6) is 5.75 Å². The number of benzene rings is 1. The van der Waals surface area contributed by atoms with E-state index in [0.29, 0.717) is 57.7 Å². The summed E-state index contributed by atoms with van der Waals surface area (Å²) in [6.45, 7) is 5.99. The molecule has 0 radical (unpaired) electrons. The van der Waals surface area contributed by atoms with Gasteiger partial charge in [0.2, 0.25) is 11.8 Å². The van der Waals surface area contributed by atoms with Crippen LogP contribution in [0.15, 0.2) is 24.3 Å². The molecular weight excluding hydrogens is 422 g/mol. The third-order valence-electron chi connectivity index (χ3n) is 6.62. The number of piperidine rings is 2. The molecule has 0 spiro atoms. The highest BCUT2D eigenvalue weighted by Gasteiger charge is 2.42. The van der Waals surface area contributed by atoms with Gasteiger partial charge in [-0.05, 0) is 38.7 Å². The van der Waals surface area contributed by atoms with Crippen molar-refractivity contribution >= 4 is 17.9 Å². The summed E-state index contributed by atoms with van der Waals surface area (Å²) in [7, 11) is 1.62. The van der Waals surface area contributed by atoms with E-state index in [2.05, 4.69) is 12.2 Å². The molecule has 0 bridgehead atoms. The number of hydrogen-bond acceptors (Lipinski definition) is 5. The van der Waals surface area contributed by atoms with E-state index in [-0.39, 0.29) is 35.9 Å². The summed E-state index contributed by atoms with van der Waals surface area (Å²) in [5.41, 5.74) is 0.876. The van der Waals surface area contributed by atoms with Crippen LogP contribution in [-0.2, 0) is 14.3 Å². The van der Waals surface area contributed by atoms with Crippen molar-refractivity contribution in [1.29, 1.82) is 0 Å². The number of para-hydroxylation sites is 1. The van der Waals surface area contributed by atoms with Crippen molar-refractivity contribution in [3.8, 4) is 5.75 Å². The van der Waals surface area contributed by atoms with Gasteiger partial charge >= 0.3 is 6.09 Å². The van der Waals surface area contributed by atoms with Crippen molar-refractivity contribution in [2.24, 2.45) is 5.92 Å². The standard InChI is InChI=1S/C25H37N3O5/c1-4-6-15-28-22(29)12-11-20(23(28)19-9-7-8-10-21(19)32-3)24(30)26-18-13-16-27(17-14-18)25(31)33-5-2/h7-10,18,20,23H,4-6,11-17H2,1-3H3,(H,26,30)/t20-,23+/m1/s1. The molecular formula is C25H37N3O5. The van der Waals surface area contributed by atoms with Gasteiger partial charge in [-0.3, -0.25) is 9.59 Å². The molecule has 8 heteroatoms. The lowest BCUT2D eigenvalue weighted by Crippen LogP contribution is -2.52. The molecule has 2 fully saturated rings. The lowest BCUT2D eigenvalue weighted by atomic mass is 9.82. The van der Waals surface area contributed by atoms with Crippen LogP contribution < -0.4 is 10.1 Å². The number of carbonyl (C=O) groups is 3. The molecule has 0 unspecified atom stereocenters. The second-order valence-corrected chi connectivity index (χ2v) is 8.74. The Bertz CT molecular complexity index is 822. The third kappa shape index (κ3) is 5.97. The number of methoxy groups -OCH3 is 1. The van der Waals surface area contributed by atoms with Gasteiger partial charge in [0, 0.05) is 37.7 Å². The monoisotopic (exact) mass is 459 g/mol. The first-order chi connectivity index (χ1) is 16.0. The molecule has 1 aromatic rings. The summed E-state index contributed by atoms with van der Waals surface area (Å²) in [5, 5.41) is 3.21. The third-order valence-corrected chi connectivity index (χ3v) is 6.62. The Balaban J connectivity index is 1.75. The van der Waals surface area contributed by atoms with Crippen molar-refractivity contribution in [3.63, 3.8) is 0 Å². The number of carbonyl (C=O) groups excluding carboxylic acids is 3. The molecule has 2 aliphatic heterocycles. The number of rotatable bonds is 8. The van der Waals surface area contributed by atoms with Crippen molar-refractivity contribution < 1.29 is 23.9 Å². The maximum atomic E-state index is 13.5. The van der Waals surface area contributed by atoms with E-state index in [1.807, 2.05) is 29.2 Å². The van der Waals surface area contributed by atoms with Crippen LogP contribution in [0.25, 0.3) is 0 Å². The van der Waals surface area contributed by atoms with Crippen molar-refractivity contribution in [2.75, 3.05) is 33.4 Å². The Morgan fingerprint density at radius 2 is 1.85 bits per heavy atom. The maximum Gasteiger partial charge on any atom is 0.409 e. The number of hydrogen-bond donors (Lipinski definition) is 1. The van der Waals surface area contributed by atoms with Crippen LogP contribution in [0.4, 0.5) is 4.79 Å². The predicted molar refractivity (Wildman–Crippen MR) is 125 cm³/mol. The van der Waals surface area contributed by atoms with Crippen LogP contribution in [0.2, 0.25) is 0 Å². The van der Waals surface area contributed by atoms with Crippen LogP contribution in [0.3, 0.4) is 0 Å². The lowest BCUT2D eigenvalue weighted by Gasteiger charge is -2.42. The second-order valence-electron chi connectivity index (χ2n) is 8.74. The zero-order valence-electron chi connectivity index (χ0n) is 20.0. The molecule has 3 rings (SSSR count). The van der Waals surface area contributed by atoms with E-state index in [1.165, 1.54) is 0 Å². The second kappa shape index (κ2) is 11.9. The van der Waals surface area contributed by atoms with Gasteiger partial charge in [-0.15, -0.1) is 0 Å². The number of nitrogens with zero attached hydrogens (tertiary/aromatic N) is 2. The Kier molecular flexibility index (Phi) is 8.97. The summed E-state index contributed by atoms with van der Waals surface area (Å²) in [6, 6.07) is 7.31. The highest BCUT2D eigenvalue weighted by atomic mass is 16.6. The van der Waals surface area contributed by atoms with Crippen LogP contribution in [0.1, 0.15) is 64.0 Å². The average molecular weight is 460 g/mol. The minimum Gasteiger partial charge on any atom is -0.496 e. The van der Waals surface area contributed by atoms with Gasteiger partial charge in [-0.25, -0.2) is 4.79 Å². The molecule has 0 saturated carbocycles. The summed E-state index contributed by atoms with van der Waals surface area (Å²) < 4.78 is 10.7. The fourth-order valence-corrected chi connectivity index (χ4v) is 4.84. The van der Waals surface area contributed by atoms with E-state index in [9.17, 15) is 14.4 Å². The van der Waals surface area contributed by atoms with Gasteiger partial charge in [0.1, 0.15) is 5.75 Å². The first kappa shape index (κ1) is 24.9. The molecule has 0 aromatic heterocycles. The first-order valence-corrected chi connectivity index (χ1v) is 12.1. The quantitative estimate of drug-likeness (QED) is 0.643. The van der Waals surface area contributed by atoms with Crippen LogP contribution in [-0.4, -0.2) is 67.1 Å². The van der Waals surface area contributed by atoms with E-state index >= 15 is 0 Å². The molecule has 2 heterocycles. The fraction of sp³-hybridized carbons (Fsp3) is 0.640. The van der Waals surface area contributed by atoms with Gasteiger partial charge in [0.05, 0.1) is 25.7 Å². The zero-order valence-corrected chi connectivity index (χ0v) is 20.0. The van der Waals surface area contributed by atoms with Gasteiger partial charge in [0.15, 0.2) is 0 Å². The van der Waals surface area contributed by atoms with E-state index < -0.39 is 0 Å². The maximum absolute atomic E-state index is 13.5. The molecule has 1 N–H and O–H groups in total. The molecule has 8 nitrogen and oxygen atoms in total. The summed E-state index contributed by atoms with van der Waals surface area (Å²) >= 11 is 0. The topological polar surface area (TPSA) is 88.2 Å². The predicted octanol–water partition coefficient (Wildman–Crippen LogP) is 3.51. The number of likely N-dealkylation sites (tertiary alicyclic amines) is 2. The SMILES string of the molecule is CCCCN1C(=O)CC[C@@H](C(=O)NC2CCN(C(=O)OCC)CC2)[C@@H]1c1ccccc1OC. The minimum atomic E-state index is -0.353. The zero-order chi connectivity index (χ0) is 23.8. The van der Waals surface area contributed by atoms with Crippen molar-refractivity contribution in [3.05, 3.63) is 29.8 Å². The summed E-state index contributed by atoms with van der Waals surface area (Å²) in [6.07, 6.45) is 3.82.